The quantitative estimate of drug-likeness (QED) is 0.707. The maximum Gasteiger partial charge on any atom is 0.248 e. The third-order valence-electron chi connectivity index (χ3n) is 6.20. The second-order valence-electron chi connectivity index (χ2n) is 8.30. The number of aryl methyl sites for hydroxylation is 2. The van der Waals surface area contributed by atoms with E-state index in [0.29, 0.717) is 56.3 Å². The van der Waals surface area contributed by atoms with Crippen LogP contribution in [0.25, 0.3) is 0 Å². The molecule has 9 heteroatoms. The first-order valence-electron chi connectivity index (χ1n) is 10.3. The summed E-state index contributed by atoms with van der Waals surface area (Å²) in [5.41, 5.74) is 0.395. The molecule has 2 aliphatic carbocycles. The maximum atomic E-state index is 13.0. The lowest BCUT2D eigenvalue weighted by Gasteiger charge is -2.36. The lowest BCUT2D eigenvalue weighted by molar-refractivity contribution is -0.135. The van der Waals surface area contributed by atoms with Gasteiger partial charge in [-0.3, -0.25) is 9.69 Å². The number of amides is 1. The van der Waals surface area contributed by atoms with E-state index >= 15 is 0 Å². The van der Waals surface area contributed by atoms with Crippen molar-refractivity contribution >= 4 is 15.9 Å². The normalized spacial score (nSPS) is 22.6. The van der Waals surface area contributed by atoms with Crippen molar-refractivity contribution in [2.75, 3.05) is 32.7 Å². The Balaban J connectivity index is 1.36. The van der Waals surface area contributed by atoms with Gasteiger partial charge in [-0.2, -0.15) is 4.31 Å². The van der Waals surface area contributed by atoms with Crippen LogP contribution >= 0.6 is 0 Å². The average Bonchev–Trinajstić information content (AvgIpc) is 3.21. The van der Waals surface area contributed by atoms with E-state index < -0.39 is 10.0 Å². The van der Waals surface area contributed by atoms with Gasteiger partial charge in [0.15, 0.2) is 5.76 Å². The van der Waals surface area contributed by atoms with Crippen molar-refractivity contribution in [1.82, 2.24) is 19.3 Å². The Morgan fingerprint density at radius 1 is 1.07 bits per heavy atom. The topological polar surface area (TPSA) is 87.0 Å². The summed E-state index contributed by atoms with van der Waals surface area (Å²) < 4.78 is 32.4. The summed E-state index contributed by atoms with van der Waals surface area (Å²) in [6.07, 6.45) is 6.97. The number of hydrogen-bond donors (Lipinski definition) is 0. The highest BCUT2D eigenvalue weighted by molar-refractivity contribution is 7.89. The highest BCUT2D eigenvalue weighted by Crippen LogP contribution is 2.34. The van der Waals surface area contributed by atoms with Gasteiger partial charge in [-0.25, -0.2) is 8.42 Å². The van der Waals surface area contributed by atoms with Gasteiger partial charge in [-0.05, 0) is 39.5 Å². The van der Waals surface area contributed by atoms with Crippen molar-refractivity contribution < 1.29 is 17.7 Å². The summed E-state index contributed by atoms with van der Waals surface area (Å²) in [6.45, 7) is 5.56. The molecule has 3 aliphatic rings. The van der Waals surface area contributed by atoms with E-state index in [1.807, 2.05) is 0 Å². The number of nitrogens with zero attached hydrogens (tertiary/aromatic N) is 4. The Labute approximate surface area is 166 Å². The van der Waals surface area contributed by atoms with E-state index in [1.54, 1.807) is 13.8 Å². The van der Waals surface area contributed by atoms with Gasteiger partial charge in [0.2, 0.25) is 15.9 Å². The van der Waals surface area contributed by atoms with Crippen molar-refractivity contribution in [2.24, 2.45) is 0 Å². The number of piperazine rings is 1. The van der Waals surface area contributed by atoms with Gasteiger partial charge in [-0.15, -0.1) is 0 Å². The van der Waals surface area contributed by atoms with Crippen LogP contribution in [0.5, 0.6) is 0 Å². The van der Waals surface area contributed by atoms with E-state index in [-0.39, 0.29) is 10.8 Å². The molecule has 0 atom stereocenters. The van der Waals surface area contributed by atoms with Crippen LogP contribution in [0.2, 0.25) is 0 Å². The lowest BCUT2D eigenvalue weighted by Crippen LogP contribution is -2.52. The van der Waals surface area contributed by atoms with Gasteiger partial charge in [0.25, 0.3) is 0 Å². The Kier molecular flexibility index (Phi) is 5.50. The highest BCUT2D eigenvalue weighted by atomic mass is 32.2. The molecular weight excluding hydrogens is 380 g/mol. The zero-order valence-corrected chi connectivity index (χ0v) is 17.6. The Hall–Kier alpha value is -1.45. The molecule has 28 heavy (non-hydrogen) atoms. The second kappa shape index (κ2) is 7.76. The Morgan fingerprint density at radius 2 is 1.68 bits per heavy atom. The van der Waals surface area contributed by atoms with Crippen molar-refractivity contribution in [2.45, 2.75) is 69.4 Å². The third-order valence-corrected chi connectivity index (χ3v) is 8.35. The number of aromatic nitrogens is 1. The molecule has 2 saturated carbocycles. The summed E-state index contributed by atoms with van der Waals surface area (Å²) in [7, 11) is -3.61. The smallest absolute Gasteiger partial charge is 0.248 e. The second-order valence-corrected chi connectivity index (χ2v) is 10.2. The minimum Gasteiger partial charge on any atom is -0.360 e. The molecule has 0 radical (unpaired) electrons. The van der Waals surface area contributed by atoms with Crippen LogP contribution in [-0.4, -0.2) is 78.4 Å². The Bertz CT molecular complexity index is 799. The van der Waals surface area contributed by atoms with E-state index in [9.17, 15) is 13.2 Å². The zero-order valence-electron chi connectivity index (χ0n) is 16.8. The van der Waals surface area contributed by atoms with Crippen molar-refractivity contribution in [1.29, 1.82) is 0 Å². The fourth-order valence-electron chi connectivity index (χ4n) is 4.61. The SMILES string of the molecule is Cc1noc(C)c1S(=O)(=O)N1CCN(CC(=O)N(C2CCCC2)C2CC2)CC1. The molecule has 2 heterocycles. The van der Waals surface area contributed by atoms with Gasteiger partial charge in [-0.1, -0.05) is 18.0 Å². The molecule has 1 aromatic rings. The summed E-state index contributed by atoms with van der Waals surface area (Å²) in [4.78, 5) is 17.4. The van der Waals surface area contributed by atoms with Crippen molar-refractivity contribution in [3.05, 3.63) is 11.5 Å². The minimum atomic E-state index is -3.61. The van der Waals surface area contributed by atoms with Crippen molar-refractivity contribution in [3.63, 3.8) is 0 Å². The van der Waals surface area contributed by atoms with Crippen LogP contribution in [0.1, 0.15) is 50.0 Å². The molecule has 1 saturated heterocycles. The molecule has 0 N–H and O–H groups in total. The van der Waals surface area contributed by atoms with E-state index in [0.717, 1.165) is 25.7 Å². The molecule has 8 nitrogen and oxygen atoms in total. The van der Waals surface area contributed by atoms with E-state index in [4.69, 9.17) is 4.52 Å². The van der Waals surface area contributed by atoms with E-state index in [1.165, 1.54) is 17.1 Å². The average molecular weight is 411 g/mol. The summed E-state index contributed by atoms with van der Waals surface area (Å²) >= 11 is 0. The van der Waals surface area contributed by atoms with Gasteiger partial charge >= 0.3 is 0 Å². The monoisotopic (exact) mass is 410 g/mol. The zero-order chi connectivity index (χ0) is 19.9. The molecule has 1 aromatic heterocycles. The number of carbonyl (C=O) groups is 1. The first kappa shape index (κ1) is 19.8. The first-order valence-corrected chi connectivity index (χ1v) is 11.8. The fourth-order valence-corrected chi connectivity index (χ4v) is 6.33. The number of carbonyl (C=O) groups excluding carboxylic acids is 1. The molecule has 0 aromatic carbocycles. The predicted molar refractivity (Wildman–Crippen MR) is 103 cm³/mol. The maximum absolute atomic E-state index is 13.0. The summed E-state index contributed by atoms with van der Waals surface area (Å²) in [5, 5.41) is 3.77. The third kappa shape index (κ3) is 3.84. The van der Waals surface area contributed by atoms with Crippen molar-refractivity contribution in [3.8, 4) is 0 Å². The molecule has 0 spiro atoms. The van der Waals surface area contributed by atoms with Crippen LogP contribution in [0, 0.1) is 13.8 Å². The molecule has 0 bridgehead atoms. The number of rotatable bonds is 6. The summed E-state index contributed by atoms with van der Waals surface area (Å²) in [6, 6.07) is 0.859. The van der Waals surface area contributed by atoms with Crippen LogP contribution in [-0.2, 0) is 14.8 Å². The van der Waals surface area contributed by atoms with Crippen LogP contribution in [0.4, 0.5) is 0 Å². The number of sulfonamides is 1. The van der Waals surface area contributed by atoms with Crippen LogP contribution in [0.15, 0.2) is 9.42 Å². The Morgan fingerprint density at radius 3 is 2.21 bits per heavy atom. The molecule has 0 unspecified atom stereocenters. The van der Waals surface area contributed by atoms with Gasteiger partial charge in [0.05, 0.1) is 6.54 Å². The standard InChI is InChI=1S/C19H30N4O4S/c1-14-19(15(2)27-20-14)28(25,26)22-11-9-21(10-12-22)13-18(24)23(17-7-8-17)16-5-3-4-6-16/h16-17H,3-13H2,1-2H3. The first-order chi connectivity index (χ1) is 13.4. The number of hydrogen-bond acceptors (Lipinski definition) is 6. The van der Waals surface area contributed by atoms with Crippen LogP contribution in [0.3, 0.4) is 0 Å². The molecule has 156 valence electrons. The van der Waals surface area contributed by atoms with E-state index in [2.05, 4.69) is 15.0 Å². The van der Waals surface area contributed by atoms with Crippen LogP contribution < -0.4 is 0 Å². The minimum absolute atomic E-state index is 0.179. The lowest BCUT2D eigenvalue weighted by atomic mass is 10.2. The molecule has 1 amide bonds. The predicted octanol–water partition coefficient (Wildman–Crippen LogP) is 1.53. The largest absolute Gasteiger partial charge is 0.360 e. The molecule has 1 aliphatic heterocycles. The van der Waals surface area contributed by atoms with Gasteiger partial charge in [0, 0.05) is 38.3 Å². The molecular formula is C19H30N4O4S. The van der Waals surface area contributed by atoms with Gasteiger partial charge in [0.1, 0.15) is 10.6 Å². The van der Waals surface area contributed by atoms with Gasteiger partial charge < -0.3 is 9.42 Å². The molecule has 3 fully saturated rings. The fraction of sp³-hybridized carbons (Fsp3) is 0.789. The molecule has 4 rings (SSSR count). The summed E-state index contributed by atoms with van der Waals surface area (Å²) in [5.74, 6) is 0.545. The highest BCUT2D eigenvalue weighted by Gasteiger charge is 2.39.